The lowest BCUT2D eigenvalue weighted by Gasteiger charge is -2.06. The Morgan fingerprint density at radius 3 is 2.45 bits per heavy atom. The van der Waals surface area contributed by atoms with Gasteiger partial charge in [-0.2, -0.15) is 0 Å². The highest BCUT2D eigenvalue weighted by Gasteiger charge is 2.27. The summed E-state index contributed by atoms with van der Waals surface area (Å²) in [5.41, 5.74) is 3.00. The largest absolute Gasteiger partial charge is 0.493 e. The molecule has 1 aromatic rings. The van der Waals surface area contributed by atoms with Crippen LogP contribution in [0.15, 0.2) is 18.2 Å². The molecule has 0 bridgehead atoms. The first-order valence-electron chi connectivity index (χ1n) is 8.79. The zero-order valence-corrected chi connectivity index (χ0v) is 14.1. The van der Waals surface area contributed by atoms with Crippen molar-refractivity contribution in [2.75, 3.05) is 6.61 Å². The molecule has 0 unspecified atom stereocenters. The summed E-state index contributed by atoms with van der Waals surface area (Å²) in [6, 6.07) is 6.00. The Morgan fingerprint density at radius 2 is 1.73 bits per heavy atom. The Hall–Kier alpha value is -1.51. The molecule has 122 valence electrons. The van der Waals surface area contributed by atoms with E-state index < -0.39 is 0 Å². The fraction of sp³-hybridized carbons (Fsp3) is 0.632. The average Bonchev–Trinajstić information content (AvgIpc) is 2.80. The van der Waals surface area contributed by atoms with E-state index in [1.165, 1.54) is 55.2 Å². The maximum Gasteiger partial charge on any atom is 0.264 e. The first kappa shape index (κ1) is 16.9. The molecule has 1 aromatic carbocycles. The normalized spacial score (nSPS) is 13.5. The summed E-state index contributed by atoms with van der Waals surface area (Å²) in [4.78, 5) is 0. The van der Waals surface area contributed by atoms with Crippen LogP contribution in [0.3, 0.4) is 0 Å². The van der Waals surface area contributed by atoms with Crippen molar-refractivity contribution in [3.8, 4) is 5.75 Å². The lowest BCUT2D eigenvalue weighted by molar-refractivity contribution is -0.711. The van der Waals surface area contributed by atoms with Crippen LogP contribution >= 0.6 is 0 Å². The third-order valence-electron chi connectivity index (χ3n) is 4.36. The van der Waals surface area contributed by atoms with Crippen LogP contribution in [0.5, 0.6) is 5.75 Å². The number of hydrogen-bond donors (Lipinski definition) is 1. The van der Waals surface area contributed by atoms with Gasteiger partial charge in [0.05, 0.1) is 19.1 Å². The van der Waals surface area contributed by atoms with Gasteiger partial charge >= 0.3 is 0 Å². The molecular weight excluding hydrogens is 274 g/mol. The van der Waals surface area contributed by atoms with E-state index in [0.29, 0.717) is 0 Å². The van der Waals surface area contributed by atoms with Crippen molar-refractivity contribution >= 4 is 11.4 Å². The van der Waals surface area contributed by atoms with Crippen LogP contribution in [0.2, 0.25) is 0 Å². The van der Waals surface area contributed by atoms with Crippen molar-refractivity contribution < 1.29 is 14.7 Å². The number of benzene rings is 1. The van der Waals surface area contributed by atoms with Crippen LogP contribution < -0.4 is 4.74 Å². The van der Waals surface area contributed by atoms with E-state index >= 15 is 0 Å². The first-order chi connectivity index (χ1) is 10.7. The van der Waals surface area contributed by atoms with Crippen LogP contribution in [0.1, 0.15) is 70.8 Å². The van der Waals surface area contributed by atoms with Gasteiger partial charge in [0.15, 0.2) is 0 Å². The van der Waals surface area contributed by atoms with Gasteiger partial charge in [-0.1, -0.05) is 51.9 Å². The average molecular weight is 304 g/mol. The highest BCUT2D eigenvalue weighted by Crippen LogP contribution is 2.29. The summed E-state index contributed by atoms with van der Waals surface area (Å²) in [5, 5.41) is 9.95. The van der Waals surface area contributed by atoms with E-state index in [4.69, 9.17) is 4.74 Å². The van der Waals surface area contributed by atoms with Gasteiger partial charge in [-0.25, -0.2) is 0 Å². The molecule has 1 heterocycles. The van der Waals surface area contributed by atoms with E-state index in [9.17, 15) is 5.21 Å². The zero-order chi connectivity index (χ0) is 15.8. The molecule has 0 aliphatic carbocycles. The van der Waals surface area contributed by atoms with Crippen LogP contribution in [0.25, 0.3) is 0 Å². The van der Waals surface area contributed by atoms with E-state index in [0.717, 1.165) is 36.6 Å². The number of ether oxygens (including phenoxy) is 1. The SMILES string of the molecule is CCCCCCCCCCOc1ccc2c(c1)[N+](O)=C(C)C2. The minimum Gasteiger partial charge on any atom is -0.493 e. The van der Waals surface area contributed by atoms with Gasteiger partial charge in [0.25, 0.3) is 5.69 Å². The Labute approximate surface area is 134 Å². The smallest absolute Gasteiger partial charge is 0.264 e. The minimum atomic E-state index is 0.766. The van der Waals surface area contributed by atoms with E-state index in [2.05, 4.69) is 13.0 Å². The lowest BCUT2D eigenvalue weighted by Crippen LogP contribution is -2.03. The van der Waals surface area contributed by atoms with Gasteiger partial charge in [-0.3, -0.25) is 5.21 Å². The number of fused-ring (bicyclic) bond motifs is 1. The molecule has 0 fully saturated rings. The molecule has 1 aliphatic heterocycles. The topological polar surface area (TPSA) is 32.5 Å². The Bertz CT molecular complexity index is 508. The Kier molecular flexibility index (Phi) is 6.75. The molecule has 0 saturated heterocycles. The summed E-state index contributed by atoms with van der Waals surface area (Å²) in [7, 11) is 0. The van der Waals surface area contributed by atoms with Crippen molar-refractivity contribution in [1.82, 2.24) is 0 Å². The van der Waals surface area contributed by atoms with Crippen LogP contribution in [0.4, 0.5) is 5.69 Å². The molecule has 3 nitrogen and oxygen atoms in total. The minimum absolute atomic E-state index is 0.766. The van der Waals surface area contributed by atoms with Crippen LogP contribution in [-0.2, 0) is 6.42 Å². The molecule has 3 heteroatoms. The molecular formula is C19H30NO2+. The molecule has 1 N–H and O–H groups in total. The lowest BCUT2D eigenvalue weighted by atomic mass is 10.1. The fourth-order valence-corrected chi connectivity index (χ4v) is 2.96. The van der Waals surface area contributed by atoms with Crippen molar-refractivity contribution in [2.24, 2.45) is 0 Å². The van der Waals surface area contributed by atoms with Crippen molar-refractivity contribution in [1.29, 1.82) is 0 Å². The van der Waals surface area contributed by atoms with Gasteiger partial charge in [0, 0.05) is 17.2 Å². The van der Waals surface area contributed by atoms with Gasteiger partial charge in [0.2, 0.25) is 5.71 Å². The van der Waals surface area contributed by atoms with Crippen molar-refractivity contribution in [2.45, 2.75) is 71.6 Å². The standard InChI is InChI=1S/C19H30NO2/c1-3-4-5-6-7-8-9-10-13-22-18-12-11-17-14-16(2)20(21)19(17)15-18/h11-12,15,21H,3-10,13-14H2,1-2H3/q+1. The zero-order valence-electron chi connectivity index (χ0n) is 14.1. The van der Waals surface area contributed by atoms with Crippen molar-refractivity contribution in [3.63, 3.8) is 0 Å². The second-order valence-electron chi connectivity index (χ2n) is 6.34. The second kappa shape index (κ2) is 8.82. The maximum atomic E-state index is 9.95. The summed E-state index contributed by atoms with van der Waals surface area (Å²) >= 11 is 0. The van der Waals surface area contributed by atoms with E-state index in [-0.39, 0.29) is 0 Å². The highest BCUT2D eigenvalue weighted by atomic mass is 16.5. The number of hydrogen-bond acceptors (Lipinski definition) is 2. The molecule has 0 atom stereocenters. The molecule has 0 saturated carbocycles. The predicted molar refractivity (Wildman–Crippen MR) is 90.6 cm³/mol. The number of unbranched alkanes of at least 4 members (excludes halogenated alkanes) is 7. The Balaban J connectivity index is 1.62. The van der Waals surface area contributed by atoms with E-state index in [1.807, 2.05) is 19.1 Å². The van der Waals surface area contributed by atoms with Gasteiger partial charge in [-0.15, -0.1) is 0 Å². The third-order valence-corrected chi connectivity index (χ3v) is 4.36. The summed E-state index contributed by atoms with van der Waals surface area (Å²) in [6.45, 7) is 4.97. The molecule has 0 spiro atoms. The molecule has 1 aliphatic rings. The number of nitrogens with zero attached hydrogens (tertiary/aromatic N) is 1. The highest BCUT2D eigenvalue weighted by molar-refractivity contribution is 5.84. The monoisotopic (exact) mass is 304 g/mol. The first-order valence-corrected chi connectivity index (χ1v) is 8.79. The van der Waals surface area contributed by atoms with Gasteiger partial charge in [0.1, 0.15) is 5.75 Å². The second-order valence-corrected chi connectivity index (χ2v) is 6.34. The number of rotatable bonds is 10. The molecule has 0 amide bonds. The quantitative estimate of drug-likeness (QED) is 0.363. The molecule has 0 radical (unpaired) electrons. The van der Waals surface area contributed by atoms with E-state index in [1.54, 1.807) is 0 Å². The van der Waals surface area contributed by atoms with Crippen LogP contribution in [-0.4, -0.2) is 22.3 Å². The Morgan fingerprint density at radius 1 is 1.05 bits per heavy atom. The summed E-state index contributed by atoms with van der Waals surface area (Å²) < 4.78 is 7.09. The summed E-state index contributed by atoms with van der Waals surface area (Å²) in [6.07, 6.45) is 11.3. The fourth-order valence-electron chi connectivity index (χ4n) is 2.96. The van der Waals surface area contributed by atoms with Crippen LogP contribution in [0, 0.1) is 0 Å². The molecule has 22 heavy (non-hydrogen) atoms. The van der Waals surface area contributed by atoms with Gasteiger partial charge in [-0.05, 0) is 18.6 Å². The van der Waals surface area contributed by atoms with Gasteiger partial charge < -0.3 is 4.74 Å². The maximum absolute atomic E-state index is 9.95. The molecule has 2 rings (SSSR count). The molecule has 0 aromatic heterocycles. The predicted octanol–water partition coefficient (Wildman–Crippen LogP) is 5.26. The summed E-state index contributed by atoms with van der Waals surface area (Å²) in [5.74, 6) is 0.857. The third kappa shape index (κ3) is 4.75. The van der Waals surface area contributed by atoms with Crippen molar-refractivity contribution in [3.05, 3.63) is 23.8 Å².